The molecule has 0 bridgehead atoms. The van der Waals surface area contributed by atoms with Crippen molar-refractivity contribution in [1.29, 1.82) is 0 Å². The molecule has 4 rings (SSSR count). The Balaban J connectivity index is 1.61. The SMILES string of the molecule is CCN1CCN(C(c2cccs2)c2nnnn2Cc2ccc(F)cc2)CC1. The lowest BCUT2D eigenvalue weighted by Gasteiger charge is -2.38. The van der Waals surface area contributed by atoms with Gasteiger partial charge in [-0.25, -0.2) is 9.07 Å². The second kappa shape index (κ2) is 8.24. The van der Waals surface area contributed by atoms with Crippen LogP contribution >= 0.6 is 11.3 Å². The van der Waals surface area contributed by atoms with E-state index in [1.54, 1.807) is 23.5 Å². The molecule has 1 aromatic carbocycles. The van der Waals surface area contributed by atoms with Gasteiger partial charge in [0, 0.05) is 31.1 Å². The van der Waals surface area contributed by atoms with E-state index in [9.17, 15) is 4.39 Å². The van der Waals surface area contributed by atoms with Gasteiger partial charge < -0.3 is 4.90 Å². The highest BCUT2D eigenvalue weighted by Crippen LogP contribution is 2.31. The second-order valence-electron chi connectivity index (χ2n) is 6.71. The third kappa shape index (κ3) is 4.07. The van der Waals surface area contributed by atoms with Gasteiger partial charge in [0.2, 0.25) is 0 Å². The molecule has 3 aromatic rings. The molecule has 3 heterocycles. The number of benzene rings is 1. The van der Waals surface area contributed by atoms with Crippen molar-refractivity contribution in [2.24, 2.45) is 0 Å². The second-order valence-corrected chi connectivity index (χ2v) is 7.69. The number of tetrazole rings is 1. The van der Waals surface area contributed by atoms with Crippen LogP contribution in [0.3, 0.4) is 0 Å². The van der Waals surface area contributed by atoms with Gasteiger partial charge in [-0.3, -0.25) is 4.90 Å². The maximum atomic E-state index is 13.2. The summed E-state index contributed by atoms with van der Waals surface area (Å²) in [5.74, 6) is 0.604. The number of piperazine rings is 1. The van der Waals surface area contributed by atoms with Crippen molar-refractivity contribution in [1.82, 2.24) is 30.0 Å². The van der Waals surface area contributed by atoms with Crippen LogP contribution in [0.25, 0.3) is 0 Å². The first kappa shape index (κ1) is 18.2. The van der Waals surface area contributed by atoms with Gasteiger partial charge in [-0.1, -0.05) is 25.1 Å². The van der Waals surface area contributed by atoms with E-state index >= 15 is 0 Å². The van der Waals surface area contributed by atoms with Crippen LogP contribution in [0.15, 0.2) is 41.8 Å². The topological polar surface area (TPSA) is 50.1 Å². The maximum Gasteiger partial charge on any atom is 0.174 e. The number of rotatable bonds is 6. The zero-order valence-corrected chi connectivity index (χ0v) is 16.1. The monoisotopic (exact) mass is 386 g/mol. The third-order valence-corrected chi connectivity index (χ3v) is 6.01. The summed E-state index contributed by atoms with van der Waals surface area (Å²) >= 11 is 1.73. The highest BCUT2D eigenvalue weighted by Gasteiger charge is 2.30. The summed E-state index contributed by atoms with van der Waals surface area (Å²) in [6.45, 7) is 7.89. The summed E-state index contributed by atoms with van der Waals surface area (Å²) in [4.78, 5) is 6.17. The highest BCUT2D eigenvalue weighted by molar-refractivity contribution is 7.10. The average molecular weight is 387 g/mol. The Hall–Kier alpha value is -2.16. The Bertz CT molecular complexity index is 839. The number of thiophene rings is 1. The van der Waals surface area contributed by atoms with Crippen LogP contribution in [-0.2, 0) is 6.54 Å². The first-order chi connectivity index (χ1) is 13.2. The lowest BCUT2D eigenvalue weighted by molar-refractivity contribution is 0.110. The minimum Gasteiger partial charge on any atom is -0.301 e. The molecule has 0 amide bonds. The predicted octanol–water partition coefficient (Wildman–Crippen LogP) is 2.65. The summed E-state index contributed by atoms with van der Waals surface area (Å²) < 4.78 is 15.0. The predicted molar refractivity (Wildman–Crippen MR) is 103 cm³/mol. The first-order valence-corrected chi connectivity index (χ1v) is 10.1. The van der Waals surface area contributed by atoms with E-state index in [0.717, 1.165) is 44.1 Å². The highest BCUT2D eigenvalue weighted by atomic mass is 32.1. The molecule has 0 spiro atoms. The van der Waals surface area contributed by atoms with E-state index in [1.807, 2.05) is 4.68 Å². The number of hydrogen-bond donors (Lipinski definition) is 0. The molecule has 6 nitrogen and oxygen atoms in total. The zero-order chi connectivity index (χ0) is 18.6. The maximum absolute atomic E-state index is 13.2. The van der Waals surface area contributed by atoms with Crippen LogP contribution < -0.4 is 0 Å². The van der Waals surface area contributed by atoms with Crippen LogP contribution in [-0.4, -0.2) is 62.7 Å². The van der Waals surface area contributed by atoms with Gasteiger partial charge in [0.15, 0.2) is 5.82 Å². The Labute approximate surface area is 162 Å². The molecule has 0 N–H and O–H groups in total. The Kier molecular flexibility index (Phi) is 5.56. The van der Waals surface area contributed by atoms with Crippen molar-refractivity contribution in [3.63, 3.8) is 0 Å². The molecule has 2 aromatic heterocycles. The number of likely N-dealkylation sites (N-methyl/N-ethyl adjacent to an activating group) is 1. The van der Waals surface area contributed by atoms with Gasteiger partial charge >= 0.3 is 0 Å². The number of hydrogen-bond acceptors (Lipinski definition) is 6. The summed E-state index contributed by atoms with van der Waals surface area (Å²) in [5, 5.41) is 14.6. The molecule has 1 fully saturated rings. The first-order valence-electron chi connectivity index (χ1n) is 9.25. The van der Waals surface area contributed by atoms with E-state index in [-0.39, 0.29) is 11.9 Å². The zero-order valence-electron chi connectivity index (χ0n) is 15.3. The molecule has 27 heavy (non-hydrogen) atoms. The Morgan fingerprint density at radius 3 is 2.56 bits per heavy atom. The fraction of sp³-hybridized carbons (Fsp3) is 0.421. The summed E-state index contributed by atoms with van der Waals surface area (Å²) in [6.07, 6.45) is 0. The molecule has 1 aliphatic heterocycles. The van der Waals surface area contributed by atoms with Crippen LogP contribution in [0.5, 0.6) is 0 Å². The molecule has 0 aliphatic carbocycles. The van der Waals surface area contributed by atoms with Crippen molar-refractivity contribution in [2.75, 3.05) is 32.7 Å². The third-order valence-electron chi connectivity index (χ3n) is 5.08. The number of halogens is 1. The molecule has 8 heteroatoms. The Morgan fingerprint density at radius 1 is 1.11 bits per heavy atom. The molecular formula is C19H23FN6S. The summed E-state index contributed by atoms with van der Waals surface area (Å²) in [6, 6.07) is 10.8. The lowest BCUT2D eigenvalue weighted by atomic mass is 10.1. The normalized spacial score (nSPS) is 17.3. The fourth-order valence-electron chi connectivity index (χ4n) is 3.54. The van der Waals surface area contributed by atoms with Crippen molar-refractivity contribution >= 4 is 11.3 Å². The van der Waals surface area contributed by atoms with Crippen LogP contribution in [0.4, 0.5) is 4.39 Å². The smallest absolute Gasteiger partial charge is 0.174 e. The van der Waals surface area contributed by atoms with Crippen LogP contribution in [0.1, 0.15) is 29.2 Å². The van der Waals surface area contributed by atoms with Crippen molar-refractivity contribution < 1.29 is 4.39 Å². The number of aromatic nitrogens is 4. The van der Waals surface area contributed by atoms with Crippen molar-refractivity contribution in [3.8, 4) is 0 Å². The quantitative estimate of drug-likeness (QED) is 0.652. The van der Waals surface area contributed by atoms with Gasteiger partial charge in [-0.05, 0) is 46.1 Å². The molecule has 0 radical (unpaired) electrons. The lowest BCUT2D eigenvalue weighted by Crippen LogP contribution is -2.48. The molecule has 1 atom stereocenters. The van der Waals surface area contributed by atoms with Gasteiger partial charge in [-0.15, -0.1) is 16.4 Å². The van der Waals surface area contributed by atoms with E-state index < -0.39 is 0 Å². The minimum absolute atomic E-state index is 0.0412. The van der Waals surface area contributed by atoms with E-state index in [4.69, 9.17) is 0 Å². The minimum atomic E-state index is -0.235. The molecular weight excluding hydrogens is 363 g/mol. The largest absolute Gasteiger partial charge is 0.301 e. The molecule has 142 valence electrons. The van der Waals surface area contributed by atoms with E-state index in [2.05, 4.69) is 49.8 Å². The van der Waals surface area contributed by atoms with E-state index in [1.165, 1.54) is 17.0 Å². The van der Waals surface area contributed by atoms with Crippen LogP contribution in [0, 0.1) is 5.82 Å². The van der Waals surface area contributed by atoms with Gasteiger partial charge in [0.05, 0.1) is 6.54 Å². The van der Waals surface area contributed by atoms with Crippen molar-refractivity contribution in [3.05, 3.63) is 63.9 Å². The fourth-order valence-corrected chi connectivity index (χ4v) is 4.39. The molecule has 1 aliphatic rings. The molecule has 1 saturated heterocycles. The van der Waals surface area contributed by atoms with Crippen LogP contribution in [0.2, 0.25) is 0 Å². The average Bonchev–Trinajstić information content (AvgIpc) is 3.38. The van der Waals surface area contributed by atoms with Gasteiger partial charge in [-0.2, -0.15) is 0 Å². The Morgan fingerprint density at radius 2 is 1.89 bits per heavy atom. The summed E-state index contributed by atoms with van der Waals surface area (Å²) in [7, 11) is 0. The standard InChI is InChI=1S/C19H23FN6S/c1-2-24-9-11-25(12-10-24)18(17-4-3-13-27-17)19-21-22-23-26(19)14-15-5-7-16(20)8-6-15/h3-8,13,18H,2,9-12,14H2,1H3. The molecule has 1 unspecified atom stereocenters. The molecule has 0 saturated carbocycles. The van der Waals surface area contributed by atoms with Gasteiger partial charge in [0.1, 0.15) is 11.9 Å². The van der Waals surface area contributed by atoms with E-state index in [0.29, 0.717) is 6.54 Å². The number of nitrogens with zero attached hydrogens (tertiary/aromatic N) is 6. The summed E-state index contributed by atoms with van der Waals surface area (Å²) in [5.41, 5.74) is 0.977. The van der Waals surface area contributed by atoms with Crippen molar-refractivity contribution in [2.45, 2.75) is 19.5 Å². The van der Waals surface area contributed by atoms with Gasteiger partial charge in [0.25, 0.3) is 0 Å².